The van der Waals surface area contributed by atoms with Crippen molar-refractivity contribution in [2.75, 3.05) is 19.6 Å². The normalized spacial score (nSPS) is 21.1. The van der Waals surface area contributed by atoms with E-state index in [-0.39, 0.29) is 36.8 Å². The molecule has 2 aromatic heterocycles. The molecular weight excluding hydrogens is 399 g/mol. The molecule has 1 amide bonds. The maximum atomic E-state index is 13.8. The maximum absolute atomic E-state index is 13.8. The lowest BCUT2D eigenvalue weighted by Crippen LogP contribution is -2.55. The summed E-state index contributed by atoms with van der Waals surface area (Å²) in [5.41, 5.74) is 2.85. The number of hydrogen-bond acceptors (Lipinski definition) is 4. The molecule has 1 unspecified atom stereocenters. The molecule has 1 atom stereocenters. The number of aryl methyl sites for hydroxylation is 2. The van der Waals surface area contributed by atoms with E-state index in [1.165, 1.54) is 5.56 Å². The zero-order valence-corrected chi connectivity index (χ0v) is 18.4. The molecule has 0 aromatic carbocycles. The summed E-state index contributed by atoms with van der Waals surface area (Å²) in [7, 11) is 1.98. The summed E-state index contributed by atoms with van der Waals surface area (Å²) in [6.45, 7) is 6.65. The topological polar surface area (TPSA) is 68.0 Å². The lowest BCUT2D eigenvalue weighted by atomic mass is 9.86. The third-order valence-electron chi connectivity index (χ3n) is 6.18. The predicted molar refractivity (Wildman–Crippen MR) is 113 cm³/mol. The van der Waals surface area contributed by atoms with Gasteiger partial charge >= 0.3 is 0 Å². The van der Waals surface area contributed by atoms with Crippen molar-refractivity contribution in [3.8, 4) is 0 Å². The molecule has 4 rings (SSSR count). The van der Waals surface area contributed by atoms with Crippen molar-refractivity contribution >= 4 is 30.7 Å². The minimum atomic E-state index is -0.568. The first kappa shape index (κ1) is 22.7. The number of aromatic nitrogens is 4. The van der Waals surface area contributed by atoms with Crippen molar-refractivity contribution in [1.29, 1.82) is 0 Å². The number of nitrogens with zero attached hydrogens (tertiary/aromatic N) is 5. The van der Waals surface area contributed by atoms with Crippen LogP contribution in [0.25, 0.3) is 0 Å². The average molecular weight is 429 g/mol. The van der Waals surface area contributed by atoms with Gasteiger partial charge in [-0.2, -0.15) is 10.2 Å². The Morgan fingerprint density at radius 1 is 1.25 bits per heavy atom. The van der Waals surface area contributed by atoms with E-state index in [4.69, 9.17) is 0 Å². The van der Waals surface area contributed by atoms with Crippen LogP contribution in [0.15, 0.2) is 18.5 Å². The fourth-order valence-electron chi connectivity index (χ4n) is 4.75. The van der Waals surface area contributed by atoms with Crippen molar-refractivity contribution in [1.82, 2.24) is 29.8 Å². The smallest absolute Gasteiger partial charge is 0.251 e. The standard InChI is InChI=1S/C19H28N6O.2ClH/c1-14-17(15(2)23(3)22-14)16-6-4-12-24(16)18(26)19(7-10-20-11-8-19)25-13-5-9-21-25;;/h5,9,13,16,20H,4,6-8,10-12H2,1-3H3;2*1H. The molecular formula is C19H30Cl2N6O. The van der Waals surface area contributed by atoms with Crippen LogP contribution in [0.3, 0.4) is 0 Å². The van der Waals surface area contributed by atoms with Crippen molar-refractivity contribution in [2.45, 2.75) is 51.1 Å². The Hall–Kier alpha value is -1.57. The van der Waals surface area contributed by atoms with Gasteiger partial charge in [-0.05, 0) is 58.7 Å². The summed E-state index contributed by atoms with van der Waals surface area (Å²) < 4.78 is 3.83. The van der Waals surface area contributed by atoms with E-state index >= 15 is 0 Å². The SMILES string of the molecule is Cc1nn(C)c(C)c1C1CCCN1C(=O)C1(n2cccn2)CCNCC1.Cl.Cl. The number of rotatable bonds is 3. The van der Waals surface area contributed by atoms with Gasteiger partial charge in [-0.25, -0.2) is 0 Å². The number of carbonyl (C=O) groups is 1. The van der Waals surface area contributed by atoms with Crippen LogP contribution < -0.4 is 5.32 Å². The van der Waals surface area contributed by atoms with Crippen LogP contribution in [0, 0.1) is 13.8 Å². The number of nitrogens with one attached hydrogen (secondary N) is 1. The van der Waals surface area contributed by atoms with Gasteiger partial charge in [0.25, 0.3) is 5.91 Å². The number of halogens is 2. The molecule has 7 nitrogen and oxygen atoms in total. The lowest BCUT2D eigenvalue weighted by molar-refractivity contribution is -0.144. The minimum absolute atomic E-state index is 0. The molecule has 28 heavy (non-hydrogen) atoms. The molecule has 2 aliphatic heterocycles. The van der Waals surface area contributed by atoms with E-state index in [9.17, 15) is 4.79 Å². The number of likely N-dealkylation sites (tertiary alicyclic amines) is 1. The second-order valence-corrected chi connectivity index (χ2v) is 7.60. The molecule has 1 N–H and O–H groups in total. The van der Waals surface area contributed by atoms with Crippen LogP contribution in [0.1, 0.15) is 48.7 Å². The third-order valence-corrected chi connectivity index (χ3v) is 6.18. The Labute approximate surface area is 178 Å². The van der Waals surface area contributed by atoms with E-state index in [0.717, 1.165) is 56.7 Å². The monoisotopic (exact) mass is 428 g/mol. The molecule has 0 saturated carbocycles. The second-order valence-electron chi connectivity index (χ2n) is 7.60. The highest BCUT2D eigenvalue weighted by molar-refractivity contribution is 5.86. The number of hydrogen-bond donors (Lipinski definition) is 1. The number of carbonyl (C=O) groups excluding carboxylic acids is 1. The Balaban J connectivity index is 0.00000140. The average Bonchev–Trinajstić information content (AvgIpc) is 3.37. The Kier molecular flexibility index (Phi) is 7.17. The van der Waals surface area contributed by atoms with Gasteiger partial charge in [0.15, 0.2) is 0 Å². The molecule has 0 aliphatic carbocycles. The third kappa shape index (κ3) is 3.55. The van der Waals surface area contributed by atoms with E-state index in [0.29, 0.717) is 0 Å². The van der Waals surface area contributed by atoms with E-state index in [1.54, 1.807) is 6.20 Å². The molecule has 0 radical (unpaired) electrons. The Bertz CT molecular complexity index is 798. The molecule has 4 heterocycles. The Morgan fingerprint density at radius 2 is 1.96 bits per heavy atom. The summed E-state index contributed by atoms with van der Waals surface area (Å²) in [4.78, 5) is 15.9. The van der Waals surface area contributed by atoms with Gasteiger partial charge in [-0.1, -0.05) is 0 Å². The zero-order valence-electron chi connectivity index (χ0n) is 16.7. The van der Waals surface area contributed by atoms with Crippen LogP contribution in [0.4, 0.5) is 0 Å². The first-order chi connectivity index (χ1) is 12.5. The van der Waals surface area contributed by atoms with Crippen molar-refractivity contribution in [3.63, 3.8) is 0 Å². The van der Waals surface area contributed by atoms with E-state index < -0.39 is 5.54 Å². The molecule has 2 fully saturated rings. The van der Waals surface area contributed by atoms with E-state index in [2.05, 4.69) is 34.3 Å². The van der Waals surface area contributed by atoms with Gasteiger partial charge in [0, 0.05) is 37.2 Å². The lowest BCUT2D eigenvalue weighted by Gasteiger charge is -2.41. The maximum Gasteiger partial charge on any atom is 0.251 e. The van der Waals surface area contributed by atoms with Gasteiger partial charge in [0.2, 0.25) is 0 Å². The van der Waals surface area contributed by atoms with Crippen molar-refractivity contribution < 1.29 is 4.79 Å². The minimum Gasteiger partial charge on any atom is -0.333 e. The van der Waals surface area contributed by atoms with Gasteiger partial charge in [0.1, 0.15) is 5.54 Å². The van der Waals surface area contributed by atoms with Crippen LogP contribution in [-0.4, -0.2) is 50.0 Å². The summed E-state index contributed by atoms with van der Waals surface area (Å²) >= 11 is 0. The van der Waals surface area contributed by atoms with Gasteiger partial charge in [0.05, 0.1) is 11.7 Å². The van der Waals surface area contributed by atoms with Crippen LogP contribution in [0.5, 0.6) is 0 Å². The fraction of sp³-hybridized carbons (Fsp3) is 0.632. The zero-order chi connectivity index (χ0) is 18.3. The summed E-state index contributed by atoms with van der Waals surface area (Å²) in [5, 5.41) is 12.4. The molecule has 2 aliphatic rings. The van der Waals surface area contributed by atoms with E-state index in [1.807, 2.05) is 28.7 Å². The summed E-state index contributed by atoms with van der Waals surface area (Å²) in [6, 6.07) is 2.03. The predicted octanol–water partition coefficient (Wildman–Crippen LogP) is 2.52. The molecule has 2 saturated heterocycles. The fourth-order valence-corrected chi connectivity index (χ4v) is 4.75. The van der Waals surface area contributed by atoms with Crippen molar-refractivity contribution in [3.05, 3.63) is 35.4 Å². The first-order valence-corrected chi connectivity index (χ1v) is 9.56. The van der Waals surface area contributed by atoms with Crippen molar-refractivity contribution in [2.24, 2.45) is 7.05 Å². The summed E-state index contributed by atoms with van der Waals surface area (Å²) in [5.74, 6) is 0.216. The number of amides is 1. The largest absolute Gasteiger partial charge is 0.333 e. The van der Waals surface area contributed by atoms with Crippen LogP contribution in [0.2, 0.25) is 0 Å². The quantitative estimate of drug-likeness (QED) is 0.815. The molecule has 0 spiro atoms. The van der Waals surface area contributed by atoms with Crippen LogP contribution >= 0.6 is 24.8 Å². The highest BCUT2D eigenvalue weighted by atomic mass is 35.5. The van der Waals surface area contributed by atoms with Gasteiger partial charge in [-0.15, -0.1) is 24.8 Å². The number of piperidine rings is 1. The van der Waals surface area contributed by atoms with Gasteiger partial charge < -0.3 is 10.2 Å². The first-order valence-electron chi connectivity index (χ1n) is 9.56. The molecule has 0 bridgehead atoms. The molecule has 2 aromatic rings. The van der Waals surface area contributed by atoms with Crippen LogP contribution in [-0.2, 0) is 17.4 Å². The molecule has 156 valence electrons. The highest BCUT2D eigenvalue weighted by Crippen LogP contribution is 2.40. The Morgan fingerprint density at radius 3 is 2.54 bits per heavy atom. The summed E-state index contributed by atoms with van der Waals surface area (Å²) in [6.07, 6.45) is 7.32. The van der Waals surface area contributed by atoms with Gasteiger partial charge in [-0.3, -0.25) is 14.2 Å². The second kappa shape index (κ2) is 8.84. The molecule has 9 heteroatoms. The highest BCUT2D eigenvalue weighted by Gasteiger charge is 2.47.